The summed E-state index contributed by atoms with van der Waals surface area (Å²) < 4.78 is 9.38. The van der Waals surface area contributed by atoms with Crippen molar-refractivity contribution in [2.75, 3.05) is 10.5 Å². The first-order valence-electron chi connectivity index (χ1n) is 11.6. The molecule has 36 heavy (non-hydrogen) atoms. The number of anilines is 2. The fourth-order valence-electron chi connectivity index (χ4n) is 3.88. The SMILES string of the molecule is Cc1cccc(C)c1-c1cc(Oc2cccc(CCCC(=O)O)c2)nc(NSc2cccc(N)c2)n1. The number of aryl methyl sites for hydroxylation is 3. The van der Waals surface area contributed by atoms with E-state index in [1.54, 1.807) is 0 Å². The minimum Gasteiger partial charge on any atom is -0.481 e. The van der Waals surface area contributed by atoms with E-state index in [9.17, 15) is 4.79 Å². The molecular weight excluding hydrogens is 472 g/mol. The molecule has 0 fully saturated rings. The number of carboxylic acids is 1. The number of nitrogens with zero attached hydrogens (tertiary/aromatic N) is 2. The lowest BCUT2D eigenvalue weighted by Crippen LogP contribution is -2.01. The van der Waals surface area contributed by atoms with Crippen LogP contribution in [0.3, 0.4) is 0 Å². The average Bonchev–Trinajstić information content (AvgIpc) is 2.83. The van der Waals surface area contributed by atoms with E-state index in [0.29, 0.717) is 36.1 Å². The molecule has 0 aliphatic rings. The summed E-state index contributed by atoms with van der Waals surface area (Å²) in [6, 6.07) is 23.2. The predicted octanol–water partition coefficient (Wildman–Crippen LogP) is 6.66. The molecule has 4 aromatic rings. The van der Waals surface area contributed by atoms with Crippen LogP contribution >= 0.6 is 11.9 Å². The summed E-state index contributed by atoms with van der Waals surface area (Å²) in [5.41, 5.74) is 11.6. The zero-order valence-corrected chi connectivity index (χ0v) is 21.0. The molecule has 0 aliphatic carbocycles. The number of nitrogens with two attached hydrogens (primary N) is 1. The second kappa shape index (κ2) is 11.6. The normalized spacial score (nSPS) is 10.7. The van der Waals surface area contributed by atoms with E-state index in [1.165, 1.54) is 11.9 Å². The van der Waals surface area contributed by atoms with Crippen LogP contribution in [0.25, 0.3) is 11.3 Å². The molecule has 1 aromatic heterocycles. The van der Waals surface area contributed by atoms with Gasteiger partial charge in [0.05, 0.1) is 5.69 Å². The van der Waals surface area contributed by atoms with Gasteiger partial charge in [-0.1, -0.05) is 36.4 Å². The molecule has 4 rings (SSSR count). The monoisotopic (exact) mass is 500 g/mol. The Hall–Kier alpha value is -4.04. The molecule has 0 unspecified atom stereocenters. The van der Waals surface area contributed by atoms with Crippen molar-refractivity contribution in [3.05, 3.63) is 89.5 Å². The zero-order chi connectivity index (χ0) is 25.5. The second-order valence-corrected chi connectivity index (χ2v) is 9.33. The molecule has 0 amide bonds. The van der Waals surface area contributed by atoms with E-state index in [0.717, 1.165) is 32.8 Å². The number of rotatable bonds is 10. The summed E-state index contributed by atoms with van der Waals surface area (Å²) in [6.07, 6.45) is 1.36. The van der Waals surface area contributed by atoms with Crippen LogP contribution in [0, 0.1) is 13.8 Å². The standard InChI is InChI=1S/C28H28N4O3S/c1-18-7-3-8-19(2)27(18)24-17-25(31-28(30-24)32-36-23-13-6-11-21(29)16-23)35-22-12-4-9-20(15-22)10-5-14-26(33)34/h3-4,6-9,11-13,15-17H,5,10,14,29H2,1-2H3,(H,33,34)(H,30,31,32). The number of ether oxygens (including phenoxy) is 1. The zero-order valence-electron chi connectivity index (χ0n) is 20.2. The van der Waals surface area contributed by atoms with Gasteiger partial charge < -0.3 is 15.6 Å². The van der Waals surface area contributed by atoms with Gasteiger partial charge in [-0.3, -0.25) is 9.52 Å². The van der Waals surface area contributed by atoms with Crippen LogP contribution in [0.5, 0.6) is 11.6 Å². The molecule has 1 heterocycles. The molecule has 0 saturated heterocycles. The lowest BCUT2D eigenvalue weighted by molar-refractivity contribution is -0.137. The third-order valence-electron chi connectivity index (χ3n) is 5.54. The van der Waals surface area contributed by atoms with E-state index < -0.39 is 5.97 Å². The number of nitrogens with one attached hydrogen (secondary N) is 1. The Kier molecular flexibility index (Phi) is 8.07. The molecule has 0 spiro atoms. The molecule has 4 N–H and O–H groups in total. The average molecular weight is 501 g/mol. The number of nitrogen functional groups attached to an aromatic ring is 1. The Labute approximate surface area is 214 Å². The molecule has 0 atom stereocenters. The number of hydrogen-bond donors (Lipinski definition) is 3. The highest BCUT2D eigenvalue weighted by atomic mass is 32.2. The lowest BCUT2D eigenvalue weighted by Gasteiger charge is -2.14. The van der Waals surface area contributed by atoms with E-state index in [1.807, 2.05) is 60.7 Å². The van der Waals surface area contributed by atoms with Gasteiger partial charge in [0, 0.05) is 28.6 Å². The van der Waals surface area contributed by atoms with Gasteiger partial charge in [0.1, 0.15) is 5.75 Å². The summed E-state index contributed by atoms with van der Waals surface area (Å²) >= 11 is 1.37. The van der Waals surface area contributed by atoms with Crippen molar-refractivity contribution in [3.8, 4) is 22.9 Å². The Balaban J connectivity index is 1.63. The molecule has 3 aromatic carbocycles. The molecule has 184 valence electrons. The Morgan fingerprint density at radius 3 is 2.50 bits per heavy atom. The summed E-state index contributed by atoms with van der Waals surface area (Å²) in [5, 5.41) is 8.90. The molecule has 0 bridgehead atoms. The van der Waals surface area contributed by atoms with Gasteiger partial charge in [-0.15, -0.1) is 0 Å². The lowest BCUT2D eigenvalue weighted by atomic mass is 10.00. The Morgan fingerprint density at radius 2 is 1.75 bits per heavy atom. The van der Waals surface area contributed by atoms with Crippen LogP contribution in [0.15, 0.2) is 77.7 Å². The van der Waals surface area contributed by atoms with Gasteiger partial charge in [0.2, 0.25) is 11.8 Å². The van der Waals surface area contributed by atoms with Crippen LogP contribution < -0.4 is 15.2 Å². The minimum atomic E-state index is -0.793. The maximum Gasteiger partial charge on any atom is 0.303 e. The molecule has 8 heteroatoms. The number of hydrogen-bond acceptors (Lipinski definition) is 7. The van der Waals surface area contributed by atoms with E-state index >= 15 is 0 Å². The molecule has 0 aliphatic heterocycles. The van der Waals surface area contributed by atoms with Crippen LogP contribution in [0.4, 0.5) is 11.6 Å². The van der Waals surface area contributed by atoms with Crippen molar-refractivity contribution in [1.82, 2.24) is 9.97 Å². The van der Waals surface area contributed by atoms with Crippen LogP contribution in [-0.4, -0.2) is 21.0 Å². The van der Waals surface area contributed by atoms with Gasteiger partial charge in [0.25, 0.3) is 0 Å². The summed E-state index contributed by atoms with van der Waals surface area (Å²) in [7, 11) is 0. The van der Waals surface area contributed by atoms with Gasteiger partial charge in [-0.05, 0) is 85.7 Å². The van der Waals surface area contributed by atoms with E-state index in [2.05, 4.69) is 35.7 Å². The highest BCUT2D eigenvalue weighted by Crippen LogP contribution is 2.32. The third kappa shape index (κ3) is 6.76. The van der Waals surface area contributed by atoms with E-state index in [4.69, 9.17) is 20.6 Å². The number of carbonyl (C=O) groups is 1. The van der Waals surface area contributed by atoms with Gasteiger partial charge >= 0.3 is 5.97 Å². The fourth-order valence-corrected chi connectivity index (χ4v) is 4.52. The largest absolute Gasteiger partial charge is 0.481 e. The van der Waals surface area contributed by atoms with Crippen LogP contribution in [-0.2, 0) is 11.2 Å². The molecule has 0 radical (unpaired) electrons. The van der Waals surface area contributed by atoms with Crippen molar-refractivity contribution in [2.24, 2.45) is 0 Å². The van der Waals surface area contributed by atoms with Crippen molar-refractivity contribution in [1.29, 1.82) is 0 Å². The summed E-state index contributed by atoms with van der Waals surface area (Å²) in [5.74, 6) is 0.651. The van der Waals surface area contributed by atoms with Gasteiger partial charge in [0.15, 0.2) is 0 Å². The van der Waals surface area contributed by atoms with Crippen LogP contribution in [0.1, 0.15) is 29.5 Å². The van der Waals surface area contributed by atoms with Crippen molar-refractivity contribution in [3.63, 3.8) is 0 Å². The summed E-state index contributed by atoms with van der Waals surface area (Å²) in [6.45, 7) is 4.11. The van der Waals surface area contributed by atoms with E-state index in [-0.39, 0.29) is 6.42 Å². The molecule has 0 saturated carbocycles. The van der Waals surface area contributed by atoms with Crippen molar-refractivity contribution in [2.45, 2.75) is 38.0 Å². The highest BCUT2D eigenvalue weighted by molar-refractivity contribution is 8.00. The number of benzene rings is 3. The first-order chi connectivity index (χ1) is 17.4. The van der Waals surface area contributed by atoms with Gasteiger partial charge in [-0.2, -0.15) is 4.98 Å². The maximum absolute atomic E-state index is 10.8. The van der Waals surface area contributed by atoms with Crippen molar-refractivity contribution < 1.29 is 14.6 Å². The van der Waals surface area contributed by atoms with Crippen LogP contribution in [0.2, 0.25) is 0 Å². The highest BCUT2D eigenvalue weighted by Gasteiger charge is 2.13. The fraction of sp³-hybridized carbons (Fsp3) is 0.179. The minimum absolute atomic E-state index is 0.135. The maximum atomic E-state index is 10.8. The number of carboxylic acid groups (broad SMARTS) is 1. The third-order valence-corrected chi connectivity index (χ3v) is 6.31. The predicted molar refractivity (Wildman–Crippen MR) is 144 cm³/mol. The second-order valence-electron chi connectivity index (χ2n) is 8.46. The quantitative estimate of drug-likeness (QED) is 0.164. The summed E-state index contributed by atoms with van der Waals surface area (Å²) in [4.78, 5) is 21.1. The first kappa shape index (κ1) is 25.1. The number of aromatic nitrogens is 2. The van der Waals surface area contributed by atoms with Gasteiger partial charge in [-0.25, -0.2) is 4.98 Å². The Bertz CT molecular complexity index is 1360. The molecule has 7 nitrogen and oxygen atoms in total. The number of aliphatic carboxylic acids is 1. The smallest absolute Gasteiger partial charge is 0.303 e. The first-order valence-corrected chi connectivity index (χ1v) is 12.4. The molecular formula is C28H28N4O3S. The topological polar surface area (TPSA) is 110 Å². The Morgan fingerprint density at radius 1 is 1.00 bits per heavy atom. The van der Waals surface area contributed by atoms with Crippen molar-refractivity contribution >= 4 is 29.6 Å².